The van der Waals surface area contributed by atoms with E-state index in [1.54, 1.807) is 4.31 Å². The molecule has 0 N–H and O–H groups in total. The summed E-state index contributed by atoms with van der Waals surface area (Å²) in [5, 5.41) is 0. The second kappa shape index (κ2) is 6.82. The van der Waals surface area contributed by atoms with E-state index in [9.17, 15) is 8.42 Å². The lowest BCUT2D eigenvalue weighted by Crippen LogP contribution is -2.39. The van der Waals surface area contributed by atoms with E-state index < -0.39 is 10.0 Å². The Labute approximate surface area is 104 Å². The van der Waals surface area contributed by atoms with E-state index in [4.69, 9.17) is 11.6 Å². The van der Waals surface area contributed by atoms with Gasteiger partial charge in [0, 0.05) is 19.0 Å². The van der Waals surface area contributed by atoms with Crippen molar-refractivity contribution in [3.8, 4) is 0 Å². The van der Waals surface area contributed by atoms with Gasteiger partial charge >= 0.3 is 0 Å². The quantitative estimate of drug-likeness (QED) is 0.694. The van der Waals surface area contributed by atoms with Gasteiger partial charge < -0.3 is 0 Å². The van der Waals surface area contributed by atoms with E-state index in [0.717, 1.165) is 18.8 Å². The zero-order chi connectivity index (χ0) is 12.0. The minimum atomic E-state index is -3.03. The molecule has 0 spiro atoms. The van der Waals surface area contributed by atoms with Crippen molar-refractivity contribution in [1.82, 2.24) is 4.31 Å². The van der Waals surface area contributed by atoms with Crippen LogP contribution in [0.4, 0.5) is 0 Å². The van der Waals surface area contributed by atoms with Gasteiger partial charge in [-0.25, -0.2) is 12.7 Å². The van der Waals surface area contributed by atoms with Gasteiger partial charge in [-0.05, 0) is 25.2 Å². The Morgan fingerprint density at radius 3 is 2.44 bits per heavy atom. The average Bonchev–Trinajstić information content (AvgIpc) is 2.28. The fraction of sp³-hybridized carbons (Fsp3) is 1.00. The van der Waals surface area contributed by atoms with Crippen molar-refractivity contribution in [2.45, 2.75) is 39.0 Å². The molecule has 0 saturated carbocycles. The van der Waals surface area contributed by atoms with Gasteiger partial charge in [0.1, 0.15) is 0 Å². The Balaban J connectivity index is 2.40. The van der Waals surface area contributed by atoms with Crippen LogP contribution in [0.1, 0.15) is 39.0 Å². The Kier molecular flexibility index (Phi) is 6.08. The summed E-state index contributed by atoms with van der Waals surface area (Å²) in [4.78, 5) is 0. The molecule has 0 aliphatic carbocycles. The Bertz CT molecular complexity index is 284. The second-order valence-corrected chi connectivity index (χ2v) is 6.96. The van der Waals surface area contributed by atoms with E-state index in [-0.39, 0.29) is 5.75 Å². The first-order valence-electron chi connectivity index (χ1n) is 6.14. The summed E-state index contributed by atoms with van der Waals surface area (Å²) in [6.45, 7) is 3.59. The minimum absolute atomic E-state index is 0.203. The van der Waals surface area contributed by atoms with Gasteiger partial charge in [0.15, 0.2) is 0 Å². The molecule has 1 heterocycles. The topological polar surface area (TPSA) is 37.4 Å². The average molecular weight is 268 g/mol. The van der Waals surface area contributed by atoms with E-state index >= 15 is 0 Å². The Morgan fingerprint density at radius 1 is 1.31 bits per heavy atom. The van der Waals surface area contributed by atoms with Crippen molar-refractivity contribution in [2.24, 2.45) is 5.92 Å². The molecule has 96 valence electrons. The Hall–Kier alpha value is 0.200. The number of hydrogen-bond acceptors (Lipinski definition) is 2. The predicted octanol–water partition coefficient (Wildman–Crippen LogP) is 2.46. The first-order chi connectivity index (χ1) is 7.60. The summed E-state index contributed by atoms with van der Waals surface area (Å²) >= 11 is 5.53. The van der Waals surface area contributed by atoms with Crippen LogP contribution in [0.25, 0.3) is 0 Å². The highest BCUT2D eigenvalue weighted by Gasteiger charge is 2.26. The molecule has 1 aliphatic rings. The lowest BCUT2D eigenvalue weighted by atomic mass is 9.94. The van der Waals surface area contributed by atoms with Crippen LogP contribution in [0.15, 0.2) is 0 Å². The molecule has 0 aromatic heterocycles. The van der Waals surface area contributed by atoms with Crippen molar-refractivity contribution in [2.75, 3.05) is 24.7 Å². The predicted molar refractivity (Wildman–Crippen MR) is 68.3 cm³/mol. The molecule has 1 rings (SSSR count). The van der Waals surface area contributed by atoms with Gasteiger partial charge in [0.05, 0.1) is 5.75 Å². The third-order valence-electron chi connectivity index (χ3n) is 3.20. The monoisotopic (exact) mass is 267 g/mol. The number of piperidine rings is 1. The number of halogens is 1. The molecule has 5 heteroatoms. The van der Waals surface area contributed by atoms with Crippen LogP contribution in [0.3, 0.4) is 0 Å². The van der Waals surface area contributed by atoms with Crippen molar-refractivity contribution >= 4 is 21.6 Å². The molecule has 0 aromatic rings. The van der Waals surface area contributed by atoms with E-state index in [1.807, 2.05) is 0 Å². The summed E-state index contributed by atoms with van der Waals surface area (Å²) in [5.74, 6) is 1.35. The first-order valence-corrected chi connectivity index (χ1v) is 8.28. The zero-order valence-electron chi connectivity index (χ0n) is 9.99. The number of alkyl halides is 1. The highest BCUT2D eigenvalue weighted by molar-refractivity contribution is 7.89. The number of nitrogens with zero attached hydrogens (tertiary/aromatic N) is 1. The van der Waals surface area contributed by atoms with Crippen LogP contribution in [-0.2, 0) is 10.0 Å². The van der Waals surface area contributed by atoms with Crippen molar-refractivity contribution in [3.63, 3.8) is 0 Å². The smallest absolute Gasteiger partial charge is 0.212 e. The van der Waals surface area contributed by atoms with Gasteiger partial charge in [0.25, 0.3) is 0 Å². The molecule has 1 aliphatic heterocycles. The van der Waals surface area contributed by atoms with E-state index in [0.29, 0.717) is 25.4 Å². The van der Waals surface area contributed by atoms with Crippen molar-refractivity contribution < 1.29 is 8.42 Å². The third-order valence-corrected chi connectivity index (χ3v) is 5.42. The molecule has 3 nitrogen and oxygen atoms in total. The standard InChI is InChI=1S/C11H22ClNO2S/c1-2-4-11-5-8-13(9-6-11)16(14,15)10-3-7-12/h11H,2-10H2,1H3. The fourth-order valence-electron chi connectivity index (χ4n) is 2.25. The molecule has 16 heavy (non-hydrogen) atoms. The van der Waals surface area contributed by atoms with Crippen LogP contribution in [-0.4, -0.2) is 37.4 Å². The SMILES string of the molecule is CCCC1CCN(S(=O)(=O)CCCCl)CC1. The maximum absolute atomic E-state index is 11.9. The molecule has 0 aromatic carbocycles. The number of sulfonamides is 1. The summed E-state index contributed by atoms with van der Waals surface area (Å²) < 4.78 is 25.4. The zero-order valence-corrected chi connectivity index (χ0v) is 11.6. The fourth-order valence-corrected chi connectivity index (χ4v) is 4.08. The summed E-state index contributed by atoms with van der Waals surface area (Å²) in [6, 6.07) is 0. The van der Waals surface area contributed by atoms with Crippen LogP contribution >= 0.6 is 11.6 Å². The lowest BCUT2D eigenvalue weighted by Gasteiger charge is -2.31. The van der Waals surface area contributed by atoms with Crippen LogP contribution in [0.2, 0.25) is 0 Å². The van der Waals surface area contributed by atoms with Crippen LogP contribution < -0.4 is 0 Å². The second-order valence-electron chi connectivity index (χ2n) is 4.49. The highest BCUT2D eigenvalue weighted by Crippen LogP contribution is 2.23. The largest absolute Gasteiger partial charge is 0.214 e. The lowest BCUT2D eigenvalue weighted by molar-refractivity contribution is 0.262. The molecule has 0 unspecified atom stereocenters. The minimum Gasteiger partial charge on any atom is -0.212 e. The Morgan fingerprint density at radius 2 is 1.94 bits per heavy atom. The summed E-state index contributed by atoms with van der Waals surface area (Å²) in [5.41, 5.74) is 0. The normalized spacial score (nSPS) is 20.1. The van der Waals surface area contributed by atoms with E-state index in [2.05, 4.69) is 6.92 Å². The first kappa shape index (κ1) is 14.3. The molecular formula is C11H22ClNO2S. The molecular weight excluding hydrogens is 246 g/mol. The van der Waals surface area contributed by atoms with Crippen molar-refractivity contribution in [1.29, 1.82) is 0 Å². The molecule has 0 amide bonds. The number of rotatable bonds is 6. The molecule has 1 fully saturated rings. The van der Waals surface area contributed by atoms with Gasteiger partial charge in [-0.3, -0.25) is 0 Å². The third kappa shape index (κ3) is 4.22. The van der Waals surface area contributed by atoms with Gasteiger partial charge in [-0.2, -0.15) is 0 Å². The number of hydrogen-bond donors (Lipinski definition) is 0. The van der Waals surface area contributed by atoms with Crippen LogP contribution in [0, 0.1) is 5.92 Å². The summed E-state index contributed by atoms with van der Waals surface area (Å²) in [7, 11) is -3.03. The maximum atomic E-state index is 11.9. The van der Waals surface area contributed by atoms with Gasteiger partial charge in [0.2, 0.25) is 10.0 Å². The van der Waals surface area contributed by atoms with Crippen LogP contribution in [0.5, 0.6) is 0 Å². The molecule has 0 atom stereocenters. The molecule has 0 bridgehead atoms. The van der Waals surface area contributed by atoms with Crippen molar-refractivity contribution in [3.05, 3.63) is 0 Å². The highest BCUT2D eigenvalue weighted by atomic mass is 35.5. The molecule has 1 saturated heterocycles. The molecule has 0 radical (unpaired) electrons. The van der Waals surface area contributed by atoms with Gasteiger partial charge in [-0.15, -0.1) is 11.6 Å². The maximum Gasteiger partial charge on any atom is 0.214 e. The summed E-state index contributed by atoms with van der Waals surface area (Å²) in [6.07, 6.45) is 5.03. The van der Waals surface area contributed by atoms with E-state index in [1.165, 1.54) is 12.8 Å². The van der Waals surface area contributed by atoms with Gasteiger partial charge in [-0.1, -0.05) is 19.8 Å².